The molecule has 4 saturated carbocycles. The third kappa shape index (κ3) is 3.60. The molecule has 4 fully saturated rings. The van der Waals surface area contributed by atoms with Gasteiger partial charge >= 0.3 is 5.97 Å². The van der Waals surface area contributed by atoms with E-state index in [4.69, 9.17) is 10.3 Å². The maximum absolute atomic E-state index is 13.5. The molecule has 0 bridgehead atoms. The molecule has 5 aliphatic carbocycles. The van der Waals surface area contributed by atoms with Gasteiger partial charge in [-0.2, -0.15) is 0 Å². The fourth-order valence-electron chi connectivity index (χ4n) is 11.3. The Kier molecular flexibility index (Phi) is 6.50. The summed E-state index contributed by atoms with van der Waals surface area (Å²) in [5, 5.41) is 3.60. The molecule has 0 aliphatic heterocycles. The number of amides is 1. The van der Waals surface area contributed by atoms with Crippen molar-refractivity contribution in [2.45, 2.75) is 119 Å². The number of azide groups is 1. The Balaban J connectivity index is 1.62. The van der Waals surface area contributed by atoms with Crippen LogP contribution in [-0.4, -0.2) is 23.8 Å². The van der Waals surface area contributed by atoms with E-state index in [0.717, 1.165) is 50.5 Å². The van der Waals surface area contributed by atoms with E-state index in [2.05, 4.69) is 58.5 Å². The highest BCUT2D eigenvalue weighted by Gasteiger charge is 2.69. The number of carbonyl (C=O) groups excluding carboxylic acids is 3. The summed E-state index contributed by atoms with van der Waals surface area (Å²) in [7, 11) is 0. The van der Waals surface area contributed by atoms with Crippen molar-refractivity contribution in [1.29, 1.82) is 0 Å². The average Bonchev–Trinajstić information content (AvgIpc) is 3.15. The third-order valence-electron chi connectivity index (χ3n) is 13.1. The van der Waals surface area contributed by atoms with E-state index in [1.54, 1.807) is 0 Å². The van der Waals surface area contributed by atoms with Gasteiger partial charge in [-0.15, -0.1) is 0 Å². The van der Waals surface area contributed by atoms with Gasteiger partial charge < -0.3 is 4.74 Å². The molecule has 8 atom stereocenters. The minimum Gasteiger partial charge on any atom is -0.462 e. The van der Waals surface area contributed by atoms with Gasteiger partial charge in [0.15, 0.2) is 0 Å². The Labute approximate surface area is 233 Å². The molecule has 7 heteroatoms. The second kappa shape index (κ2) is 8.93. The molecular weight excluding hydrogens is 490 g/mol. The Morgan fingerprint density at radius 1 is 1.00 bits per heavy atom. The summed E-state index contributed by atoms with van der Waals surface area (Å²) >= 11 is 0. The minimum atomic E-state index is -0.957. The predicted octanol–water partition coefficient (Wildman–Crippen LogP) is 7.74. The van der Waals surface area contributed by atoms with Crippen LogP contribution in [0.5, 0.6) is 0 Å². The number of ketones is 1. The van der Waals surface area contributed by atoms with Crippen LogP contribution in [0.2, 0.25) is 0 Å². The molecule has 0 aromatic carbocycles. The SMILES string of the molecule is CC(=O)O[C@H]1CC[C@]2(C)[C@H]3CCC4=C5C(C(C)C)C(=O)C[C@]5(C(=O)N=[N+]=[N-])CC[C@@]4(C)[C@]3(C)CC[C@H]2C1(C)C. The molecule has 5 aliphatic rings. The first-order valence-corrected chi connectivity index (χ1v) is 15.1. The largest absolute Gasteiger partial charge is 0.462 e. The van der Waals surface area contributed by atoms with E-state index < -0.39 is 11.3 Å². The van der Waals surface area contributed by atoms with Crippen LogP contribution in [0.15, 0.2) is 16.3 Å². The third-order valence-corrected chi connectivity index (χ3v) is 13.1. The molecule has 5 rings (SSSR count). The lowest BCUT2D eigenvalue weighted by molar-refractivity contribution is -0.213. The van der Waals surface area contributed by atoms with Gasteiger partial charge in [-0.1, -0.05) is 54.0 Å². The highest BCUT2D eigenvalue weighted by atomic mass is 16.5. The zero-order valence-corrected chi connectivity index (χ0v) is 25.2. The number of ether oxygens (including phenoxy) is 1. The molecule has 0 aromatic heterocycles. The van der Waals surface area contributed by atoms with Crippen molar-refractivity contribution in [3.63, 3.8) is 0 Å². The minimum absolute atomic E-state index is 0.0318. The number of carbonyl (C=O) groups is 3. The van der Waals surface area contributed by atoms with E-state index in [9.17, 15) is 14.4 Å². The van der Waals surface area contributed by atoms with Gasteiger partial charge in [0, 0.05) is 29.6 Å². The lowest BCUT2D eigenvalue weighted by Crippen LogP contribution is -2.64. The van der Waals surface area contributed by atoms with Crippen molar-refractivity contribution in [2.24, 2.45) is 55.9 Å². The van der Waals surface area contributed by atoms with Crippen molar-refractivity contribution in [3.05, 3.63) is 21.6 Å². The van der Waals surface area contributed by atoms with Crippen LogP contribution >= 0.6 is 0 Å². The number of nitrogens with zero attached hydrogens (tertiary/aromatic N) is 3. The van der Waals surface area contributed by atoms with E-state index in [1.165, 1.54) is 12.5 Å². The number of allylic oxidation sites excluding steroid dienone is 1. The topological polar surface area (TPSA) is 109 Å². The normalized spacial score (nSPS) is 44.5. The fraction of sp³-hybridized carbons (Fsp3) is 0.844. The van der Waals surface area contributed by atoms with Crippen LogP contribution < -0.4 is 0 Å². The quantitative estimate of drug-likeness (QED) is 0.121. The molecular formula is C32H47N3O4. The molecule has 214 valence electrons. The number of fused-ring (bicyclic) bond motifs is 6. The first-order chi connectivity index (χ1) is 18.1. The maximum atomic E-state index is 13.5. The van der Waals surface area contributed by atoms with E-state index in [1.807, 2.05) is 0 Å². The number of hydrogen-bond donors (Lipinski definition) is 0. The second-order valence-electron chi connectivity index (χ2n) is 15.2. The summed E-state index contributed by atoms with van der Waals surface area (Å²) in [6.07, 6.45) is 7.59. The summed E-state index contributed by atoms with van der Waals surface area (Å²) in [5.74, 6) is 0.272. The summed E-state index contributed by atoms with van der Waals surface area (Å²) in [6, 6.07) is 0. The lowest BCUT2D eigenvalue weighted by Gasteiger charge is -2.70. The van der Waals surface area contributed by atoms with Gasteiger partial charge in [0.05, 0.1) is 5.41 Å². The lowest BCUT2D eigenvalue weighted by atomic mass is 9.34. The van der Waals surface area contributed by atoms with Gasteiger partial charge in [0.2, 0.25) is 5.91 Å². The Morgan fingerprint density at radius 2 is 1.69 bits per heavy atom. The van der Waals surface area contributed by atoms with Crippen LogP contribution in [0.1, 0.15) is 113 Å². The molecule has 0 radical (unpaired) electrons. The molecule has 1 amide bonds. The van der Waals surface area contributed by atoms with Crippen LogP contribution in [-0.2, 0) is 19.1 Å². The Morgan fingerprint density at radius 3 is 2.31 bits per heavy atom. The standard InChI is InChI=1S/C32H47N3O4/c1-18(2)25-21(37)17-32(27(38)34-35-33)16-15-30(7)20(26(25)32)9-10-23-29(6)13-12-24(39-19(3)36)28(4,5)22(29)11-14-31(23,30)8/h18,22-25H,9-17H2,1-8H3/t22-,23+,24-,25?,29-,30+,31+,32+/m0/s1. The van der Waals surface area contributed by atoms with Crippen molar-refractivity contribution in [1.82, 2.24) is 0 Å². The number of esters is 1. The molecule has 0 N–H and O–H groups in total. The molecule has 1 unspecified atom stereocenters. The van der Waals surface area contributed by atoms with E-state index in [0.29, 0.717) is 18.3 Å². The summed E-state index contributed by atoms with van der Waals surface area (Å²) in [5.41, 5.74) is 10.5. The Bertz CT molecular complexity index is 1200. The monoisotopic (exact) mass is 537 g/mol. The van der Waals surface area contributed by atoms with Gasteiger partial charge in [-0.3, -0.25) is 14.4 Å². The number of rotatable bonds is 3. The van der Waals surface area contributed by atoms with Gasteiger partial charge in [0.1, 0.15) is 11.9 Å². The van der Waals surface area contributed by atoms with Crippen molar-refractivity contribution in [2.75, 3.05) is 0 Å². The fourth-order valence-corrected chi connectivity index (χ4v) is 11.3. The second-order valence-corrected chi connectivity index (χ2v) is 15.2. The van der Waals surface area contributed by atoms with Gasteiger partial charge in [-0.05, 0) is 102 Å². The van der Waals surface area contributed by atoms with Crippen LogP contribution in [0.4, 0.5) is 0 Å². The van der Waals surface area contributed by atoms with Crippen LogP contribution in [0, 0.1) is 50.7 Å². The maximum Gasteiger partial charge on any atom is 0.302 e. The molecule has 0 saturated heterocycles. The first-order valence-electron chi connectivity index (χ1n) is 15.1. The molecule has 0 spiro atoms. The molecule has 0 aromatic rings. The van der Waals surface area contributed by atoms with Crippen LogP contribution in [0.3, 0.4) is 0 Å². The molecule has 39 heavy (non-hydrogen) atoms. The highest BCUT2D eigenvalue weighted by Crippen LogP contribution is 2.76. The average molecular weight is 538 g/mol. The zero-order valence-electron chi connectivity index (χ0n) is 25.2. The zero-order chi connectivity index (χ0) is 28.8. The summed E-state index contributed by atoms with van der Waals surface area (Å²) in [6.45, 7) is 17.7. The Hall–Kier alpha value is -2.14. The van der Waals surface area contributed by atoms with Gasteiger partial charge in [0.25, 0.3) is 0 Å². The molecule has 7 nitrogen and oxygen atoms in total. The predicted molar refractivity (Wildman–Crippen MR) is 149 cm³/mol. The van der Waals surface area contributed by atoms with Gasteiger partial charge in [-0.25, -0.2) is 0 Å². The van der Waals surface area contributed by atoms with E-state index >= 15 is 0 Å². The smallest absolute Gasteiger partial charge is 0.302 e. The van der Waals surface area contributed by atoms with E-state index in [-0.39, 0.29) is 57.8 Å². The van der Waals surface area contributed by atoms with Crippen molar-refractivity contribution in [3.8, 4) is 0 Å². The molecule has 0 heterocycles. The van der Waals surface area contributed by atoms with Crippen LogP contribution in [0.25, 0.3) is 10.4 Å². The van der Waals surface area contributed by atoms with Crippen molar-refractivity contribution < 1.29 is 19.1 Å². The first kappa shape index (κ1) is 28.4. The highest BCUT2D eigenvalue weighted by molar-refractivity contribution is 6.01. The van der Waals surface area contributed by atoms with Crippen molar-refractivity contribution >= 4 is 17.7 Å². The number of hydrogen-bond acceptors (Lipinski definition) is 4. The number of Topliss-reactive ketones (excluding diaryl/α,β-unsaturated/α-hetero) is 1. The summed E-state index contributed by atoms with van der Waals surface area (Å²) < 4.78 is 5.87. The summed E-state index contributed by atoms with van der Waals surface area (Å²) in [4.78, 5) is 41.7.